The van der Waals surface area contributed by atoms with Gasteiger partial charge in [0.25, 0.3) is 0 Å². The topological polar surface area (TPSA) is 21.7 Å². The molecule has 0 aromatic heterocycles. The van der Waals surface area contributed by atoms with E-state index >= 15 is 0 Å². The minimum absolute atomic E-state index is 0. The zero-order valence-electron chi connectivity index (χ0n) is 16.7. The molecule has 5 rings (SSSR count). The van der Waals surface area contributed by atoms with Gasteiger partial charge in [-0.2, -0.15) is 0 Å². The zero-order valence-corrected chi connectivity index (χ0v) is 16.7. The van der Waals surface area contributed by atoms with E-state index in [2.05, 4.69) is 43.0 Å². The molecule has 1 fully saturated rings. The highest BCUT2D eigenvalue weighted by molar-refractivity contribution is 6.12. The molecular formula is C25H31NO2. The molecule has 0 aliphatic carbocycles. The highest BCUT2D eigenvalue weighted by Gasteiger charge is 2.32. The highest BCUT2D eigenvalue weighted by Crippen LogP contribution is 2.43. The van der Waals surface area contributed by atoms with Gasteiger partial charge in [0, 0.05) is 12.6 Å². The molecule has 0 saturated carbocycles. The molecule has 148 valence electrons. The molecule has 0 N–H and O–H groups in total. The lowest BCUT2D eigenvalue weighted by Crippen LogP contribution is -2.35. The van der Waals surface area contributed by atoms with E-state index < -0.39 is 0 Å². The Kier molecular flexibility index (Phi) is 4.75. The first kappa shape index (κ1) is 19.1. The molecule has 2 aliphatic rings. The molecule has 28 heavy (non-hydrogen) atoms. The number of methoxy groups -OCH3 is 2. The molecule has 2 aliphatic heterocycles. The summed E-state index contributed by atoms with van der Waals surface area (Å²) in [5.41, 5.74) is 5.39. The molecule has 0 bridgehead atoms. The van der Waals surface area contributed by atoms with Crippen LogP contribution in [0, 0.1) is 13.8 Å². The monoisotopic (exact) mass is 377 g/mol. The van der Waals surface area contributed by atoms with Crippen molar-refractivity contribution in [3.05, 3.63) is 46.5 Å². The number of ether oxygens (including phenoxy) is 2. The molecule has 3 heteroatoms. The number of aryl methyl sites for hydroxylation is 2. The Hall–Kier alpha value is -2.26. The molecule has 3 aromatic rings. The van der Waals surface area contributed by atoms with Gasteiger partial charge in [0.1, 0.15) is 11.5 Å². The van der Waals surface area contributed by atoms with Gasteiger partial charge in [0.15, 0.2) is 0 Å². The summed E-state index contributed by atoms with van der Waals surface area (Å²) < 4.78 is 11.3. The number of fused-ring (bicyclic) bond motifs is 7. The standard InChI is InChI=1S/C24H27NO2.CH4/c1-14-8-17-18-9-15(2)24(27-4)12-21(18)22-13-25-7-5-6-16(25)10-19(22)20(17)11-23(14)26-3;/h8-9,11-12,16H,5-7,10,13H2,1-4H3;1H4. The van der Waals surface area contributed by atoms with Crippen LogP contribution in [0.2, 0.25) is 0 Å². The van der Waals surface area contributed by atoms with Crippen LogP contribution in [0.4, 0.5) is 0 Å². The molecule has 1 saturated heterocycles. The first-order valence-electron chi connectivity index (χ1n) is 9.95. The molecule has 0 radical (unpaired) electrons. The van der Waals surface area contributed by atoms with Crippen LogP contribution in [0.1, 0.15) is 42.5 Å². The molecule has 1 atom stereocenters. The third-order valence-corrected chi connectivity index (χ3v) is 6.67. The minimum atomic E-state index is 0. The molecule has 3 nitrogen and oxygen atoms in total. The van der Waals surface area contributed by atoms with Crippen molar-refractivity contribution in [1.29, 1.82) is 0 Å². The maximum absolute atomic E-state index is 5.67. The van der Waals surface area contributed by atoms with Crippen LogP contribution in [0.25, 0.3) is 21.5 Å². The fourth-order valence-corrected chi connectivity index (χ4v) is 5.27. The van der Waals surface area contributed by atoms with Crippen molar-refractivity contribution >= 4 is 21.5 Å². The lowest BCUT2D eigenvalue weighted by Gasteiger charge is -2.33. The smallest absolute Gasteiger partial charge is 0.122 e. The second-order valence-electron chi connectivity index (χ2n) is 8.16. The highest BCUT2D eigenvalue weighted by atomic mass is 16.5. The Bertz CT molecular complexity index is 985. The van der Waals surface area contributed by atoms with Crippen molar-refractivity contribution in [1.82, 2.24) is 4.90 Å². The molecular weight excluding hydrogens is 346 g/mol. The van der Waals surface area contributed by atoms with Gasteiger partial charge in [-0.25, -0.2) is 0 Å². The van der Waals surface area contributed by atoms with Gasteiger partial charge in [0.05, 0.1) is 14.2 Å². The van der Waals surface area contributed by atoms with Crippen LogP contribution in [-0.4, -0.2) is 31.7 Å². The Morgan fingerprint density at radius 3 is 1.96 bits per heavy atom. The number of rotatable bonds is 2. The third kappa shape index (κ3) is 2.68. The predicted octanol–water partition coefficient (Wildman–Crippen LogP) is 5.78. The van der Waals surface area contributed by atoms with Gasteiger partial charge in [-0.15, -0.1) is 0 Å². The van der Waals surface area contributed by atoms with Crippen molar-refractivity contribution < 1.29 is 9.47 Å². The molecule has 3 aromatic carbocycles. The first-order chi connectivity index (χ1) is 13.1. The van der Waals surface area contributed by atoms with Crippen molar-refractivity contribution in [3.8, 4) is 11.5 Å². The molecule has 2 heterocycles. The van der Waals surface area contributed by atoms with Crippen molar-refractivity contribution in [2.75, 3.05) is 20.8 Å². The summed E-state index contributed by atoms with van der Waals surface area (Å²) in [4.78, 5) is 2.67. The van der Waals surface area contributed by atoms with E-state index in [0.29, 0.717) is 6.04 Å². The third-order valence-electron chi connectivity index (χ3n) is 6.67. The van der Waals surface area contributed by atoms with Crippen molar-refractivity contribution in [3.63, 3.8) is 0 Å². The average Bonchev–Trinajstić information content (AvgIpc) is 3.13. The van der Waals surface area contributed by atoms with Gasteiger partial charge in [-0.05, 0) is 108 Å². The van der Waals surface area contributed by atoms with E-state index in [-0.39, 0.29) is 7.43 Å². The van der Waals surface area contributed by atoms with Crippen LogP contribution in [0.15, 0.2) is 24.3 Å². The average molecular weight is 378 g/mol. The summed E-state index contributed by atoms with van der Waals surface area (Å²) in [7, 11) is 3.54. The van der Waals surface area contributed by atoms with Gasteiger partial charge in [-0.3, -0.25) is 4.90 Å². The number of nitrogens with zero attached hydrogens (tertiary/aromatic N) is 1. The van der Waals surface area contributed by atoms with Crippen LogP contribution < -0.4 is 9.47 Å². The predicted molar refractivity (Wildman–Crippen MR) is 118 cm³/mol. The molecule has 0 amide bonds. The Labute approximate surface area is 168 Å². The minimum Gasteiger partial charge on any atom is -0.496 e. The SMILES string of the molecule is C.COc1cc2c3c(c4cc(OC)c(C)cc4c2cc1C)CN1CCCC1C3. The Morgan fingerprint density at radius 2 is 1.39 bits per heavy atom. The van der Waals surface area contributed by atoms with E-state index in [4.69, 9.17) is 9.47 Å². The lowest BCUT2D eigenvalue weighted by atomic mass is 9.84. The fourth-order valence-electron chi connectivity index (χ4n) is 5.27. The van der Waals surface area contributed by atoms with E-state index in [1.807, 2.05) is 0 Å². The largest absolute Gasteiger partial charge is 0.496 e. The Balaban J connectivity index is 0.00000192. The summed E-state index contributed by atoms with van der Waals surface area (Å²) in [5.74, 6) is 1.97. The van der Waals surface area contributed by atoms with Gasteiger partial charge < -0.3 is 9.47 Å². The number of benzene rings is 3. The van der Waals surface area contributed by atoms with Gasteiger partial charge in [0.2, 0.25) is 0 Å². The summed E-state index contributed by atoms with van der Waals surface area (Å²) in [6.45, 7) is 6.55. The zero-order chi connectivity index (χ0) is 18.7. The normalized spacial score (nSPS) is 18.6. The summed E-state index contributed by atoms with van der Waals surface area (Å²) >= 11 is 0. The van der Waals surface area contributed by atoms with Crippen LogP contribution in [0.5, 0.6) is 11.5 Å². The van der Waals surface area contributed by atoms with Crippen LogP contribution in [0.3, 0.4) is 0 Å². The van der Waals surface area contributed by atoms with E-state index in [9.17, 15) is 0 Å². The summed E-state index contributed by atoms with van der Waals surface area (Å²) in [6, 6.07) is 9.84. The summed E-state index contributed by atoms with van der Waals surface area (Å²) in [6.07, 6.45) is 3.78. The molecule has 0 spiro atoms. The second kappa shape index (κ2) is 6.97. The van der Waals surface area contributed by atoms with Gasteiger partial charge >= 0.3 is 0 Å². The van der Waals surface area contributed by atoms with Gasteiger partial charge in [-0.1, -0.05) is 7.43 Å². The number of hydrogen-bond donors (Lipinski definition) is 0. The lowest BCUT2D eigenvalue weighted by molar-refractivity contribution is 0.229. The van der Waals surface area contributed by atoms with E-state index in [1.165, 1.54) is 63.2 Å². The first-order valence-corrected chi connectivity index (χ1v) is 9.95. The quantitative estimate of drug-likeness (QED) is 0.528. The number of hydrogen-bond acceptors (Lipinski definition) is 3. The van der Waals surface area contributed by atoms with E-state index in [0.717, 1.165) is 24.5 Å². The fraction of sp³-hybridized carbons (Fsp3) is 0.440. The maximum atomic E-state index is 5.67. The van der Waals surface area contributed by atoms with Crippen LogP contribution in [-0.2, 0) is 13.0 Å². The molecule has 1 unspecified atom stereocenters. The summed E-state index contributed by atoms with van der Waals surface area (Å²) in [5, 5.41) is 5.41. The maximum Gasteiger partial charge on any atom is 0.122 e. The Morgan fingerprint density at radius 1 is 0.821 bits per heavy atom. The van der Waals surface area contributed by atoms with Crippen molar-refractivity contribution in [2.45, 2.75) is 53.1 Å². The second-order valence-corrected chi connectivity index (χ2v) is 8.16. The van der Waals surface area contributed by atoms with E-state index in [1.54, 1.807) is 14.2 Å². The van der Waals surface area contributed by atoms with Crippen LogP contribution >= 0.6 is 0 Å². The van der Waals surface area contributed by atoms with Crippen molar-refractivity contribution in [2.24, 2.45) is 0 Å².